The molecule has 0 radical (unpaired) electrons. The molecule has 0 fully saturated rings. The van der Waals surface area contributed by atoms with Gasteiger partial charge in [0.2, 0.25) is 5.95 Å². The zero-order valence-corrected chi connectivity index (χ0v) is 14.6. The molecule has 4 rings (SSSR count). The molecule has 0 saturated heterocycles. The average Bonchev–Trinajstić information content (AvgIpc) is 2.61. The van der Waals surface area contributed by atoms with Crippen molar-refractivity contribution in [3.8, 4) is 0 Å². The van der Waals surface area contributed by atoms with Gasteiger partial charge in [-0.2, -0.15) is 10.1 Å². The van der Waals surface area contributed by atoms with E-state index in [2.05, 4.69) is 65.6 Å². The fourth-order valence-corrected chi connectivity index (χ4v) is 3.29. The Kier molecular flexibility index (Phi) is 4.13. The molecular formula is C18H16BrN5. The minimum absolute atomic E-state index is 0.504. The Hall–Kier alpha value is -2.47. The van der Waals surface area contributed by atoms with Crippen LogP contribution in [0.4, 0.5) is 17.5 Å². The van der Waals surface area contributed by atoms with Crippen LogP contribution in [0.2, 0.25) is 0 Å². The summed E-state index contributed by atoms with van der Waals surface area (Å²) in [5.74, 6) is 1.35. The van der Waals surface area contributed by atoms with Crippen LogP contribution in [0.5, 0.6) is 0 Å². The summed E-state index contributed by atoms with van der Waals surface area (Å²) in [6.07, 6.45) is 2.74. The van der Waals surface area contributed by atoms with E-state index in [9.17, 15) is 0 Å². The molecular weight excluding hydrogens is 366 g/mol. The Labute approximate surface area is 148 Å². The van der Waals surface area contributed by atoms with Gasteiger partial charge >= 0.3 is 0 Å². The Balaban J connectivity index is 1.55. The smallest absolute Gasteiger partial charge is 0.249 e. The first-order valence-corrected chi connectivity index (χ1v) is 8.61. The molecule has 0 saturated carbocycles. The van der Waals surface area contributed by atoms with E-state index >= 15 is 0 Å². The van der Waals surface area contributed by atoms with Crippen LogP contribution in [0.3, 0.4) is 0 Å². The zero-order chi connectivity index (χ0) is 16.4. The fraction of sp³-hybridized carbons (Fsp3) is 0.167. The highest BCUT2D eigenvalue weighted by Crippen LogP contribution is 2.24. The molecule has 3 aromatic rings. The molecule has 2 heterocycles. The van der Waals surface area contributed by atoms with Gasteiger partial charge in [-0.15, -0.1) is 5.10 Å². The van der Waals surface area contributed by atoms with Crippen LogP contribution in [-0.4, -0.2) is 21.7 Å². The van der Waals surface area contributed by atoms with Crippen molar-refractivity contribution in [1.82, 2.24) is 15.2 Å². The monoisotopic (exact) mass is 381 g/mol. The number of nitrogens with zero attached hydrogens (tertiary/aromatic N) is 4. The maximum absolute atomic E-state index is 4.62. The minimum Gasteiger partial charge on any atom is -0.350 e. The highest BCUT2D eigenvalue weighted by atomic mass is 79.9. The maximum Gasteiger partial charge on any atom is 0.249 e. The number of hydrogen-bond donors (Lipinski definition) is 1. The third-order valence-electron chi connectivity index (χ3n) is 4.08. The molecule has 6 heteroatoms. The van der Waals surface area contributed by atoms with Crippen LogP contribution in [0.25, 0.3) is 0 Å². The fourth-order valence-electron chi connectivity index (χ4n) is 2.89. The predicted octanol–water partition coefficient (Wildman–Crippen LogP) is 3.94. The summed E-state index contributed by atoms with van der Waals surface area (Å²) in [7, 11) is 0. The summed E-state index contributed by atoms with van der Waals surface area (Å²) in [5.41, 5.74) is 3.69. The van der Waals surface area contributed by atoms with E-state index in [1.165, 1.54) is 11.1 Å². The molecule has 24 heavy (non-hydrogen) atoms. The van der Waals surface area contributed by atoms with Gasteiger partial charge in [0.15, 0.2) is 5.82 Å². The van der Waals surface area contributed by atoms with Gasteiger partial charge in [-0.3, -0.25) is 0 Å². The molecule has 0 spiro atoms. The Morgan fingerprint density at radius 1 is 1.04 bits per heavy atom. The maximum atomic E-state index is 4.62. The van der Waals surface area contributed by atoms with Crippen LogP contribution in [0.1, 0.15) is 11.1 Å². The number of anilines is 3. The zero-order valence-electron chi connectivity index (χ0n) is 13.0. The lowest BCUT2D eigenvalue weighted by Gasteiger charge is -2.29. The lowest BCUT2D eigenvalue weighted by atomic mass is 10.0. The summed E-state index contributed by atoms with van der Waals surface area (Å²) < 4.78 is 1.00. The number of nitrogens with one attached hydrogen (secondary N) is 1. The van der Waals surface area contributed by atoms with Crippen molar-refractivity contribution >= 4 is 33.4 Å². The first-order valence-electron chi connectivity index (χ1n) is 7.82. The van der Waals surface area contributed by atoms with E-state index in [0.717, 1.165) is 35.5 Å². The molecule has 0 amide bonds. The van der Waals surface area contributed by atoms with E-state index in [-0.39, 0.29) is 0 Å². The molecule has 1 N–H and O–H groups in total. The van der Waals surface area contributed by atoms with Gasteiger partial charge < -0.3 is 10.2 Å². The third-order valence-corrected chi connectivity index (χ3v) is 4.57. The van der Waals surface area contributed by atoms with E-state index < -0.39 is 0 Å². The van der Waals surface area contributed by atoms with E-state index in [1.807, 2.05) is 24.3 Å². The van der Waals surface area contributed by atoms with Crippen LogP contribution < -0.4 is 10.2 Å². The molecule has 0 atom stereocenters. The van der Waals surface area contributed by atoms with Crippen molar-refractivity contribution in [3.63, 3.8) is 0 Å². The van der Waals surface area contributed by atoms with E-state index in [4.69, 9.17) is 0 Å². The molecule has 120 valence electrons. The van der Waals surface area contributed by atoms with Crippen LogP contribution in [0.15, 0.2) is 59.2 Å². The molecule has 2 aromatic carbocycles. The van der Waals surface area contributed by atoms with Crippen molar-refractivity contribution in [3.05, 3.63) is 70.3 Å². The van der Waals surface area contributed by atoms with Gasteiger partial charge in [0.05, 0.1) is 6.20 Å². The van der Waals surface area contributed by atoms with Gasteiger partial charge in [-0.05, 0) is 35.7 Å². The number of benzene rings is 2. The molecule has 1 aliphatic rings. The quantitative estimate of drug-likeness (QED) is 0.744. The van der Waals surface area contributed by atoms with Crippen molar-refractivity contribution in [1.29, 1.82) is 0 Å². The number of aromatic nitrogens is 3. The molecule has 0 unspecified atom stereocenters. The van der Waals surface area contributed by atoms with Crippen LogP contribution in [-0.2, 0) is 13.0 Å². The van der Waals surface area contributed by atoms with Gasteiger partial charge in [-0.25, -0.2) is 0 Å². The molecule has 0 bridgehead atoms. The van der Waals surface area contributed by atoms with Gasteiger partial charge in [0, 0.05) is 23.2 Å². The predicted molar refractivity (Wildman–Crippen MR) is 98.4 cm³/mol. The van der Waals surface area contributed by atoms with Crippen molar-refractivity contribution in [2.75, 3.05) is 16.8 Å². The Morgan fingerprint density at radius 2 is 1.92 bits per heavy atom. The van der Waals surface area contributed by atoms with Crippen LogP contribution in [0, 0.1) is 0 Å². The third kappa shape index (κ3) is 3.23. The Morgan fingerprint density at radius 3 is 2.79 bits per heavy atom. The standard InChI is InChI=1S/C18H16BrN5/c19-15-6-3-7-16(10-15)21-18-22-17(11-20-23-18)24-9-8-13-4-1-2-5-14(13)12-24/h1-7,10-11H,8-9,12H2,(H,21,22,23). The normalized spacial score (nSPS) is 13.5. The second kappa shape index (κ2) is 6.57. The van der Waals surface area contributed by atoms with Gasteiger partial charge in [0.25, 0.3) is 0 Å². The summed E-state index contributed by atoms with van der Waals surface area (Å²) in [6.45, 7) is 1.79. The van der Waals surface area contributed by atoms with E-state index in [1.54, 1.807) is 6.20 Å². The topological polar surface area (TPSA) is 53.9 Å². The largest absolute Gasteiger partial charge is 0.350 e. The highest BCUT2D eigenvalue weighted by molar-refractivity contribution is 9.10. The van der Waals surface area contributed by atoms with Gasteiger partial charge in [-0.1, -0.05) is 46.3 Å². The first kappa shape index (κ1) is 15.1. The highest BCUT2D eigenvalue weighted by Gasteiger charge is 2.17. The average molecular weight is 382 g/mol. The summed E-state index contributed by atoms with van der Waals surface area (Å²) in [6, 6.07) is 16.5. The van der Waals surface area contributed by atoms with E-state index in [0.29, 0.717) is 5.95 Å². The lowest BCUT2D eigenvalue weighted by Crippen LogP contribution is -2.31. The second-order valence-electron chi connectivity index (χ2n) is 5.71. The van der Waals surface area contributed by atoms with Crippen molar-refractivity contribution < 1.29 is 0 Å². The first-order chi connectivity index (χ1) is 11.8. The lowest BCUT2D eigenvalue weighted by molar-refractivity contribution is 0.715. The Bertz CT molecular complexity index is 867. The molecule has 1 aromatic heterocycles. The van der Waals surface area contributed by atoms with Crippen molar-refractivity contribution in [2.24, 2.45) is 0 Å². The van der Waals surface area contributed by atoms with Crippen molar-refractivity contribution in [2.45, 2.75) is 13.0 Å². The number of rotatable bonds is 3. The summed E-state index contributed by atoms with van der Waals surface area (Å²) in [4.78, 5) is 6.86. The second-order valence-corrected chi connectivity index (χ2v) is 6.63. The SMILES string of the molecule is Brc1cccc(Nc2nncc(N3CCc4ccccc4C3)n2)c1. The summed E-state index contributed by atoms with van der Waals surface area (Å²) >= 11 is 3.46. The molecule has 0 aliphatic carbocycles. The van der Waals surface area contributed by atoms with Gasteiger partial charge in [0.1, 0.15) is 0 Å². The number of hydrogen-bond acceptors (Lipinski definition) is 5. The number of halogens is 1. The molecule has 1 aliphatic heterocycles. The number of fused-ring (bicyclic) bond motifs is 1. The minimum atomic E-state index is 0.504. The molecule has 5 nitrogen and oxygen atoms in total. The van der Waals surface area contributed by atoms with Crippen LogP contribution >= 0.6 is 15.9 Å². The summed E-state index contributed by atoms with van der Waals surface area (Å²) in [5, 5.41) is 11.4.